The van der Waals surface area contributed by atoms with Crippen LogP contribution in [0.3, 0.4) is 0 Å². The van der Waals surface area contributed by atoms with Crippen molar-refractivity contribution < 1.29 is 9.47 Å². The van der Waals surface area contributed by atoms with Gasteiger partial charge < -0.3 is 9.47 Å². The summed E-state index contributed by atoms with van der Waals surface area (Å²) in [6.45, 7) is 14.7. The van der Waals surface area contributed by atoms with Gasteiger partial charge in [0.1, 0.15) is 0 Å². The molecule has 0 spiro atoms. The third kappa shape index (κ3) is 4.07. The van der Waals surface area contributed by atoms with Crippen LogP contribution in [0.1, 0.15) is 46.5 Å². The summed E-state index contributed by atoms with van der Waals surface area (Å²) in [5, 5.41) is 0. The minimum atomic E-state index is -1.68. The van der Waals surface area contributed by atoms with Crippen molar-refractivity contribution in [2.45, 2.75) is 52.1 Å². The average molecular weight is 375 g/mol. The van der Waals surface area contributed by atoms with Gasteiger partial charge >= 0.3 is 0 Å². The molecule has 1 saturated carbocycles. The van der Waals surface area contributed by atoms with Crippen molar-refractivity contribution in [1.29, 1.82) is 0 Å². The van der Waals surface area contributed by atoms with Gasteiger partial charge in [-0.3, -0.25) is 9.34 Å². The maximum Gasteiger partial charge on any atom is 0.0808 e. The molecule has 0 aromatic heterocycles. The first kappa shape index (κ1) is 19.3. The van der Waals surface area contributed by atoms with Crippen molar-refractivity contribution in [3.8, 4) is 0 Å². The van der Waals surface area contributed by atoms with Gasteiger partial charge in [0.15, 0.2) is 0 Å². The summed E-state index contributed by atoms with van der Waals surface area (Å²) in [6, 6.07) is 0. The van der Waals surface area contributed by atoms with Crippen molar-refractivity contribution in [1.82, 2.24) is 9.34 Å². The fourth-order valence-electron chi connectivity index (χ4n) is 4.60. The zero-order valence-corrected chi connectivity index (χ0v) is 17.4. The molecule has 2 saturated heterocycles. The largest absolute Gasteiger partial charge is 0.379 e. The summed E-state index contributed by atoms with van der Waals surface area (Å²) < 4.78 is 16.5. The fraction of sp³-hybridized carbons (Fsp3) is 1.00. The molecular weight excluding hydrogens is 339 g/mol. The molecule has 0 bridgehead atoms. The second-order valence-electron chi connectivity index (χ2n) is 8.59. The Balaban J connectivity index is 1.76. The van der Waals surface area contributed by atoms with Gasteiger partial charge in [-0.25, -0.2) is 0 Å². The number of ether oxygens (including phenoxy) is 2. The normalized spacial score (nSPS) is 32.0. The number of nitrogens with zero attached hydrogens (tertiary/aromatic N) is 2. The average Bonchev–Trinajstić information content (AvgIpc) is 2.62. The van der Waals surface area contributed by atoms with Crippen LogP contribution in [0.15, 0.2) is 0 Å². The Morgan fingerprint density at radius 3 is 1.58 bits per heavy atom. The first-order valence-corrected chi connectivity index (χ1v) is 12.5. The van der Waals surface area contributed by atoms with Crippen molar-refractivity contribution >= 4 is 18.1 Å². The maximum absolute atomic E-state index is 6.55. The molecule has 0 atom stereocenters. The highest BCUT2D eigenvalue weighted by Crippen LogP contribution is 2.62. The van der Waals surface area contributed by atoms with Crippen LogP contribution in [0.5, 0.6) is 0 Å². The molecule has 0 aromatic rings. The smallest absolute Gasteiger partial charge is 0.0808 e. The summed E-state index contributed by atoms with van der Waals surface area (Å²) in [5.41, 5.74) is 1.13. The van der Waals surface area contributed by atoms with E-state index in [-0.39, 0.29) is 0 Å². The lowest BCUT2D eigenvalue weighted by atomic mass is 9.72. The van der Waals surface area contributed by atoms with Crippen LogP contribution in [0.2, 0.25) is 0 Å². The monoisotopic (exact) mass is 374 g/mol. The number of hydrogen-bond acceptors (Lipinski definition) is 3. The summed E-state index contributed by atoms with van der Waals surface area (Å²) in [6.07, 6.45) is 3.64. The Bertz CT molecular complexity index is 426. The quantitative estimate of drug-likeness (QED) is 0.704. The van der Waals surface area contributed by atoms with E-state index in [0.29, 0.717) is 11.1 Å². The van der Waals surface area contributed by atoms with Gasteiger partial charge in [0.25, 0.3) is 0 Å². The van der Waals surface area contributed by atoms with E-state index in [0.717, 1.165) is 58.5 Å². The second kappa shape index (κ2) is 8.02. The minimum Gasteiger partial charge on any atom is -0.379 e. The molecule has 0 unspecified atom stereocenters. The Morgan fingerprint density at radius 1 is 0.792 bits per heavy atom. The van der Waals surface area contributed by atoms with Gasteiger partial charge in [-0.15, -0.1) is 0 Å². The van der Waals surface area contributed by atoms with Crippen LogP contribution in [0.25, 0.3) is 0 Å². The maximum atomic E-state index is 6.55. The zero-order valence-electron chi connectivity index (χ0n) is 15.7. The molecule has 0 N–H and O–H groups in total. The first-order valence-electron chi connectivity index (χ1n) is 9.68. The fourth-order valence-corrected chi connectivity index (χ4v) is 9.94. The molecule has 3 rings (SSSR count). The predicted octanol–water partition coefficient (Wildman–Crippen LogP) is 3.57. The lowest BCUT2D eigenvalue weighted by Crippen LogP contribution is -2.47. The van der Waals surface area contributed by atoms with Crippen LogP contribution < -0.4 is 0 Å². The standard InChI is InChI=1S/C18H35N2O2PS/c1-18(2,3)16-4-6-17(7-5-16)23(24,19-8-12-21-13-9-19)20-10-14-22-15-11-20/h16-17H,4-15H2,1-3H3. The Labute approximate surface area is 153 Å². The van der Waals surface area contributed by atoms with Crippen LogP contribution >= 0.6 is 6.34 Å². The van der Waals surface area contributed by atoms with E-state index in [1.807, 2.05) is 0 Å². The molecule has 3 aliphatic rings. The number of morpholine rings is 2. The lowest BCUT2D eigenvalue weighted by Gasteiger charge is -2.51. The molecule has 0 radical (unpaired) electrons. The number of hydrogen-bond donors (Lipinski definition) is 0. The highest BCUT2D eigenvalue weighted by atomic mass is 32.4. The van der Waals surface area contributed by atoms with Gasteiger partial charge in [-0.1, -0.05) is 32.6 Å². The highest BCUT2D eigenvalue weighted by molar-refractivity contribution is 8.12. The Kier molecular flexibility index (Phi) is 6.43. The molecule has 140 valence electrons. The summed E-state index contributed by atoms with van der Waals surface area (Å²) >= 11 is 6.55. The van der Waals surface area contributed by atoms with Crippen LogP contribution in [-0.2, 0) is 21.3 Å². The Morgan fingerprint density at radius 2 is 1.21 bits per heavy atom. The Hall–Kier alpha value is 0.490. The highest BCUT2D eigenvalue weighted by Gasteiger charge is 2.43. The van der Waals surface area contributed by atoms with E-state index in [1.165, 1.54) is 25.7 Å². The van der Waals surface area contributed by atoms with Gasteiger partial charge in [0.2, 0.25) is 0 Å². The van der Waals surface area contributed by atoms with Gasteiger partial charge in [-0.05, 0) is 37.0 Å². The predicted molar refractivity (Wildman–Crippen MR) is 104 cm³/mol. The van der Waals surface area contributed by atoms with E-state index in [1.54, 1.807) is 0 Å². The van der Waals surface area contributed by atoms with Crippen LogP contribution in [0.4, 0.5) is 0 Å². The molecular formula is C18H35N2O2PS. The summed E-state index contributed by atoms with van der Waals surface area (Å²) in [7, 11) is 0. The molecule has 2 heterocycles. The zero-order chi connectivity index (χ0) is 17.2. The third-order valence-corrected chi connectivity index (χ3v) is 12.4. The molecule has 6 heteroatoms. The third-order valence-electron chi connectivity index (χ3n) is 6.18. The van der Waals surface area contributed by atoms with E-state index < -0.39 is 6.34 Å². The lowest BCUT2D eigenvalue weighted by molar-refractivity contribution is 0.0561. The van der Waals surface area contributed by atoms with Crippen molar-refractivity contribution in [3.63, 3.8) is 0 Å². The first-order chi connectivity index (χ1) is 11.4. The molecule has 2 aliphatic heterocycles. The van der Waals surface area contributed by atoms with E-state index >= 15 is 0 Å². The van der Waals surface area contributed by atoms with Gasteiger partial charge in [0.05, 0.1) is 32.8 Å². The summed E-state index contributed by atoms with van der Waals surface area (Å²) in [5.74, 6) is 0.853. The second-order valence-corrected chi connectivity index (χ2v) is 13.2. The topological polar surface area (TPSA) is 24.9 Å². The number of rotatable bonds is 3. The van der Waals surface area contributed by atoms with Crippen molar-refractivity contribution in [2.24, 2.45) is 11.3 Å². The van der Waals surface area contributed by atoms with E-state index in [2.05, 4.69) is 30.1 Å². The van der Waals surface area contributed by atoms with Crippen LogP contribution in [0, 0.1) is 11.3 Å². The molecule has 1 aliphatic carbocycles. The molecule has 24 heavy (non-hydrogen) atoms. The van der Waals surface area contributed by atoms with Crippen molar-refractivity contribution in [2.75, 3.05) is 52.6 Å². The molecule has 4 nitrogen and oxygen atoms in total. The van der Waals surface area contributed by atoms with Gasteiger partial charge in [-0.2, -0.15) is 0 Å². The van der Waals surface area contributed by atoms with E-state index in [4.69, 9.17) is 21.3 Å². The molecule has 0 amide bonds. The molecule has 0 aromatic carbocycles. The van der Waals surface area contributed by atoms with Crippen molar-refractivity contribution in [3.05, 3.63) is 0 Å². The SMILES string of the molecule is CC(C)(C)C1CCC(P(=S)(N2CCOCC2)N2CCOCC2)CC1. The summed E-state index contributed by atoms with van der Waals surface area (Å²) in [4.78, 5) is 0. The van der Waals surface area contributed by atoms with Crippen LogP contribution in [-0.4, -0.2) is 67.6 Å². The van der Waals surface area contributed by atoms with E-state index in [9.17, 15) is 0 Å². The molecule has 3 fully saturated rings. The van der Waals surface area contributed by atoms with Gasteiger partial charge in [0, 0.05) is 31.8 Å². The minimum absolute atomic E-state index is 0.436.